The number of rotatable bonds is 8. The second kappa shape index (κ2) is 11.1. The number of hydrogen-bond donors (Lipinski definition) is 2. The predicted molar refractivity (Wildman–Crippen MR) is 153 cm³/mol. The average molecular weight is 584 g/mol. The third kappa shape index (κ3) is 5.42. The highest BCUT2D eigenvalue weighted by Gasteiger charge is 2.49. The average Bonchev–Trinajstić information content (AvgIpc) is 3.29. The molecule has 0 unspecified atom stereocenters. The van der Waals surface area contributed by atoms with E-state index in [0.29, 0.717) is 23.3 Å². The van der Waals surface area contributed by atoms with Crippen molar-refractivity contribution in [1.82, 2.24) is 14.6 Å². The highest BCUT2D eigenvalue weighted by molar-refractivity contribution is 7.90. The molecule has 0 aliphatic carbocycles. The number of aromatic nitrogens is 1. The lowest BCUT2D eigenvalue weighted by molar-refractivity contribution is -0.0199. The van der Waals surface area contributed by atoms with Gasteiger partial charge in [-0.05, 0) is 62.7 Å². The zero-order valence-electron chi connectivity index (χ0n) is 23.6. The Morgan fingerprint density at radius 3 is 2.68 bits per heavy atom. The fourth-order valence-electron chi connectivity index (χ4n) is 5.72. The van der Waals surface area contributed by atoms with Crippen molar-refractivity contribution in [2.24, 2.45) is 0 Å². The van der Waals surface area contributed by atoms with E-state index in [9.17, 15) is 18.1 Å². The minimum absolute atomic E-state index is 0.0903. The van der Waals surface area contributed by atoms with E-state index >= 15 is 0 Å². The molecule has 2 aromatic carbocycles. The van der Waals surface area contributed by atoms with Crippen LogP contribution in [-0.2, 0) is 20.4 Å². The van der Waals surface area contributed by atoms with E-state index in [4.69, 9.17) is 14.2 Å². The van der Waals surface area contributed by atoms with Crippen molar-refractivity contribution in [3.05, 3.63) is 53.5 Å². The molecule has 2 aliphatic heterocycles. The summed E-state index contributed by atoms with van der Waals surface area (Å²) in [5, 5.41) is 13.9. The summed E-state index contributed by atoms with van der Waals surface area (Å²) in [6.45, 7) is 6.42. The number of nitrogens with zero attached hydrogens (tertiary/aromatic N) is 3. The highest BCUT2D eigenvalue weighted by Crippen LogP contribution is 2.49. The second-order valence-electron chi connectivity index (χ2n) is 10.9. The molecule has 10 nitrogen and oxygen atoms in total. The maximum absolute atomic E-state index is 15.0. The van der Waals surface area contributed by atoms with Gasteiger partial charge in [-0.3, -0.25) is 9.71 Å². The van der Waals surface area contributed by atoms with Gasteiger partial charge in [-0.15, -0.1) is 0 Å². The molecule has 2 aliphatic rings. The molecule has 41 heavy (non-hydrogen) atoms. The molecule has 218 valence electrons. The lowest BCUT2D eigenvalue weighted by Gasteiger charge is -2.34. The summed E-state index contributed by atoms with van der Waals surface area (Å²) in [6, 6.07) is 9.15. The Hall–Kier alpha value is -3.50. The molecule has 0 saturated carbocycles. The summed E-state index contributed by atoms with van der Waals surface area (Å²) in [7, 11) is -0.958. The SMILES string of the molecule is CCN(C)S(=O)(=O)Nc1ccc(F)c(Oc2ccc3ncc([C@@]4(C)COC5(CCNCC5)C4)c(OC)c3c2)c1C#N. The number of nitriles is 1. The quantitative estimate of drug-likeness (QED) is 0.398. The van der Waals surface area contributed by atoms with Crippen LogP contribution in [0.25, 0.3) is 10.9 Å². The highest BCUT2D eigenvalue weighted by atomic mass is 32.2. The Morgan fingerprint density at radius 2 is 2.00 bits per heavy atom. The van der Waals surface area contributed by atoms with E-state index < -0.39 is 21.8 Å². The molecule has 0 amide bonds. The summed E-state index contributed by atoms with van der Waals surface area (Å²) < 4.78 is 61.8. The summed E-state index contributed by atoms with van der Waals surface area (Å²) in [5.41, 5.74) is 0.710. The summed E-state index contributed by atoms with van der Waals surface area (Å²) in [4.78, 5) is 4.68. The molecular weight excluding hydrogens is 549 g/mol. The topological polar surface area (TPSA) is 126 Å². The van der Waals surface area contributed by atoms with Crippen LogP contribution in [0, 0.1) is 17.1 Å². The maximum Gasteiger partial charge on any atom is 0.301 e. The van der Waals surface area contributed by atoms with Crippen LogP contribution in [0.5, 0.6) is 17.2 Å². The van der Waals surface area contributed by atoms with Crippen molar-refractivity contribution in [2.75, 3.05) is 45.1 Å². The lowest BCUT2D eigenvalue weighted by atomic mass is 9.74. The van der Waals surface area contributed by atoms with Gasteiger partial charge in [-0.25, -0.2) is 4.39 Å². The third-order valence-electron chi connectivity index (χ3n) is 8.10. The van der Waals surface area contributed by atoms with Gasteiger partial charge in [0, 0.05) is 36.2 Å². The first kappa shape index (κ1) is 29.0. The van der Waals surface area contributed by atoms with Gasteiger partial charge in [0.05, 0.1) is 30.5 Å². The molecule has 5 rings (SSSR count). The minimum Gasteiger partial charge on any atom is -0.496 e. The first-order chi connectivity index (χ1) is 19.5. The van der Waals surface area contributed by atoms with E-state index in [1.54, 1.807) is 32.2 Å². The van der Waals surface area contributed by atoms with Gasteiger partial charge in [0.25, 0.3) is 0 Å². The monoisotopic (exact) mass is 583 g/mol. The predicted octanol–water partition coefficient (Wildman–Crippen LogP) is 4.46. The first-order valence-corrected chi connectivity index (χ1v) is 15.0. The molecule has 12 heteroatoms. The second-order valence-corrected chi connectivity index (χ2v) is 12.7. The van der Waals surface area contributed by atoms with Crippen LogP contribution in [-0.4, -0.2) is 63.7 Å². The first-order valence-electron chi connectivity index (χ1n) is 13.5. The smallest absolute Gasteiger partial charge is 0.301 e. The van der Waals surface area contributed by atoms with Crippen molar-refractivity contribution in [1.29, 1.82) is 5.26 Å². The number of methoxy groups -OCH3 is 1. The van der Waals surface area contributed by atoms with Crippen molar-refractivity contribution < 1.29 is 27.0 Å². The molecule has 2 fully saturated rings. The standard InChI is InChI=1S/C29H34FN5O5S/c1-5-35(3)41(36,37)34-25-9-7-23(30)27(21(25)15-31)40-19-6-8-24-20(14-19)26(38-4)22(16-33-24)28(2)17-29(39-18-28)10-12-32-13-11-29/h6-9,14,16,32,34H,5,10-13,17-18H2,1-4H3/t28-/m1/s1. The largest absolute Gasteiger partial charge is 0.496 e. The molecule has 0 bridgehead atoms. The van der Waals surface area contributed by atoms with E-state index in [1.165, 1.54) is 13.1 Å². The Labute approximate surface area is 239 Å². The van der Waals surface area contributed by atoms with Crippen molar-refractivity contribution >= 4 is 26.8 Å². The molecule has 1 spiro atoms. The summed E-state index contributed by atoms with van der Waals surface area (Å²) in [6.07, 6.45) is 4.57. The van der Waals surface area contributed by atoms with Crippen LogP contribution >= 0.6 is 0 Å². The van der Waals surface area contributed by atoms with Crippen molar-refractivity contribution in [3.8, 4) is 23.3 Å². The molecule has 3 aromatic rings. The van der Waals surface area contributed by atoms with Crippen LogP contribution in [0.3, 0.4) is 0 Å². The van der Waals surface area contributed by atoms with E-state index in [1.807, 2.05) is 12.3 Å². The maximum atomic E-state index is 15.0. The Morgan fingerprint density at radius 1 is 1.24 bits per heavy atom. The van der Waals surface area contributed by atoms with E-state index in [2.05, 4.69) is 21.9 Å². The van der Waals surface area contributed by atoms with Gasteiger partial charge in [-0.2, -0.15) is 18.0 Å². The fourth-order valence-corrected chi connectivity index (χ4v) is 6.66. The van der Waals surface area contributed by atoms with Crippen LogP contribution in [0.4, 0.5) is 10.1 Å². The molecule has 2 saturated heterocycles. The third-order valence-corrected chi connectivity index (χ3v) is 9.66. The number of piperidine rings is 1. The minimum atomic E-state index is -3.95. The number of ether oxygens (including phenoxy) is 3. The van der Waals surface area contributed by atoms with E-state index in [0.717, 1.165) is 48.3 Å². The van der Waals surface area contributed by atoms with Crippen LogP contribution < -0.4 is 19.5 Å². The van der Waals surface area contributed by atoms with Gasteiger partial charge in [-0.1, -0.05) is 13.8 Å². The number of pyridine rings is 1. The fraction of sp³-hybridized carbons (Fsp3) is 0.448. The Kier molecular flexibility index (Phi) is 7.82. The molecule has 2 N–H and O–H groups in total. The molecule has 1 aromatic heterocycles. The summed E-state index contributed by atoms with van der Waals surface area (Å²) in [5.74, 6) is -0.338. The van der Waals surface area contributed by atoms with Crippen molar-refractivity contribution in [2.45, 2.75) is 44.1 Å². The number of fused-ring (bicyclic) bond motifs is 1. The zero-order valence-corrected chi connectivity index (χ0v) is 24.4. The van der Waals surface area contributed by atoms with Gasteiger partial charge in [0.2, 0.25) is 0 Å². The normalized spacial score (nSPS) is 20.3. The number of benzene rings is 2. The number of halogens is 1. The van der Waals surface area contributed by atoms with Gasteiger partial charge in [0.1, 0.15) is 23.1 Å². The molecular formula is C29H34FN5O5S. The molecule has 3 heterocycles. The van der Waals surface area contributed by atoms with Crippen LogP contribution in [0.2, 0.25) is 0 Å². The molecule has 1 atom stereocenters. The Balaban J connectivity index is 1.52. The van der Waals surface area contributed by atoms with E-state index in [-0.39, 0.29) is 34.6 Å². The lowest BCUT2D eigenvalue weighted by Crippen LogP contribution is -2.42. The van der Waals surface area contributed by atoms with Gasteiger partial charge < -0.3 is 19.5 Å². The Bertz CT molecular complexity index is 1620. The van der Waals surface area contributed by atoms with Gasteiger partial charge in [0.15, 0.2) is 11.6 Å². The number of nitrogens with one attached hydrogen (secondary N) is 2. The zero-order chi connectivity index (χ0) is 29.4. The van der Waals surface area contributed by atoms with Crippen LogP contribution in [0.15, 0.2) is 36.5 Å². The molecule has 0 radical (unpaired) electrons. The van der Waals surface area contributed by atoms with Gasteiger partial charge >= 0.3 is 10.2 Å². The van der Waals surface area contributed by atoms with Crippen LogP contribution in [0.1, 0.15) is 44.2 Å². The summed E-state index contributed by atoms with van der Waals surface area (Å²) >= 11 is 0. The number of hydrogen-bond acceptors (Lipinski definition) is 8. The number of anilines is 1. The van der Waals surface area contributed by atoms with Crippen molar-refractivity contribution in [3.63, 3.8) is 0 Å².